The minimum Gasteiger partial charge on any atom is -0.552 e. The van der Waals surface area contributed by atoms with E-state index in [0.29, 0.717) is 12.0 Å². The molecule has 0 saturated carbocycles. The number of rotatable bonds is 3. The van der Waals surface area contributed by atoms with E-state index in [2.05, 4.69) is 4.74 Å². The second-order valence-electron chi connectivity index (χ2n) is 4.15. The minimum absolute atomic E-state index is 0. The van der Waals surface area contributed by atoms with Gasteiger partial charge in [0, 0.05) is 6.42 Å². The Morgan fingerprint density at radius 2 is 1.95 bits per heavy atom. The quantitative estimate of drug-likeness (QED) is 0.373. The first-order chi connectivity index (χ1) is 9.13. The topological polar surface area (TPSA) is 49.4 Å². The summed E-state index contributed by atoms with van der Waals surface area (Å²) in [5, 5.41) is 11.3. The summed E-state index contributed by atoms with van der Waals surface area (Å²) in [6.07, 6.45) is 6.12. The molecule has 0 aromatic heterocycles. The van der Waals surface area contributed by atoms with Crippen LogP contribution in [-0.4, -0.2) is 5.97 Å². The van der Waals surface area contributed by atoms with Gasteiger partial charge in [-0.15, -0.1) is 0 Å². The van der Waals surface area contributed by atoms with E-state index in [-0.39, 0.29) is 23.5 Å². The summed E-state index contributed by atoms with van der Waals surface area (Å²) >= 11 is 0. The Bertz CT molecular complexity index is 465. The van der Waals surface area contributed by atoms with Gasteiger partial charge in [0.2, 0.25) is 5.97 Å². The number of carbonyl (C=O) groups is 1. The molecule has 0 amide bonds. The van der Waals surface area contributed by atoms with E-state index in [1.165, 1.54) is 0 Å². The Morgan fingerprint density at radius 3 is 2.35 bits per heavy atom. The monoisotopic (exact) mass is 314 g/mol. The molecule has 20 heavy (non-hydrogen) atoms. The molecule has 0 N–H and O–H groups in total. The molecule has 0 atom stereocenters. The first-order valence-corrected chi connectivity index (χ1v) is 6.28. The summed E-state index contributed by atoms with van der Waals surface area (Å²) in [5.41, 5.74) is 1.42. The van der Waals surface area contributed by atoms with Crippen LogP contribution in [0.25, 0.3) is 0 Å². The van der Waals surface area contributed by atoms with Crippen LogP contribution in [0.15, 0.2) is 65.7 Å². The van der Waals surface area contributed by atoms with Gasteiger partial charge in [0.05, 0.1) is 5.95 Å². The van der Waals surface area contributed by atoms with Crippen LogP contribution in [0.3, 0.4) is 0 Å². The maximum absolute atomic E-state index is 11.3. The van der Waals surface area contributed by atoms with Gasteiger partial charge in [0.1, 0.15) is 0 Å². The summed E-state index contributed by atoms with van der Waals surface area (Å²) in [6, 6.07) is 10.0. The molecule has 0 aliphatic heterocycles. The van der Waals surface area contributed by atoms with Crippen molar-refractivity contribution in [1.82, 2.24) is 0 Å². The predicted octanol–water partition coefficient (Wildman–Crippen LogP) is 2.82. The third kappa shape index (κ3) is 7.07. The molecule has 1 aliphatic rings. The fourth-order valence-corrected chi connectivity index (χ4v) is 1.43. The van der Waals surface area contributed by atoms with Crippen LogP contribution in [0.5, 0.6) is 0 Å². The number of hydrogen-bond acceptors (Lipinski definition) is 3. The van der Waals surface area contributed by atoms with Crippen LogP contribution >= 0.6 is 0 Å². The summed E-state index contributed by atoms with van der Waals surface area (Å²) in [7, 11) is 0. The molecule has 0 radical (unpaired) electrons. The Labute approximate surface area is 130 Å². The van der Waals surface area contributed by atoms with Crippen molar-refractivity contribution in [3.05, 3.63) is 65.7 Å². The molecule has 0 heterocycles. The van der Waals surface area contributed by atoms with E-state index in [1.54, 1.807) is 18.2 Å². The van der Waals surface area contributed by atoms with E-state index in [9.17, 15) is 9.90 Å². The molecule has 1 aromatic carbocycles. The van der Waals surface area contributed by atoms with Crippen molar-refractivity contribution in [3.63, 3.8) is 0 Å². The average molecular weight is 314 g/mol. The second kappa shape index (κ2) is 10.2. The summed E-state index contributed by atoms with van der Waals surface area (Å²) in [6.45, 7) is 3.74. The number of esters is 1. The molecule has 0 unspecified atom stereocenters. The van der Waals surface area contributed by atoms with Crippen molar-refractivity contribution in [3.8, 4) is 0 Å². The van der Waals surface area contributed by atoms with Crippen LogP contribution in [-0.2, 0) is 26.6 Å². The molecule has 4 heteroatoms. The van der Waals surface area contributed by atoms with Crippen molar-refractivity contribution in [2.45, 2.75) is 26.7 Å². The Kier molecular flexibility index (Phi) is 9.35. The molecule has 0 bridgehead atoms. The fraction of sp³-hybridized carbons (Fsp3) is 0.250. The van der Waals surface area contributed by atoms with E-state index < -0.39 is 11.9 Å². The smallest absolute Gasteiger partial charge is 0.552 e. The van der Waals surface area contributed by atoms with E-state index >= 15 is 0 Å². The minimum atomic E-state index is -0.559. The zero-order valence-electron chi connectivity index (χ0n) is 11.6. The molecule has 0 fully saturated rings. The zero-order valence-corrected chi connectivity index (χ0v) is 12.7. The van der Waals surface area contributed by atoms with Gasteiger partial charge in [0.25, 0.3) is 0 Å². The average Bonchev–Trinajstić information content (AvgIpc) is 3.02. The van der Waals surface area contributed by atoms with Gasteiger partial charge in [-0.1, -0.05) is 30.7 Å². The normalized spacial score (nSPS) is 14.6. The van der Waals surface area contributed by atoms with Gasteiger partial charge in [0.15, 0.2) is 0 Å². The molecule has 2 rings (SSSR count). The first kappa shape index (κ1) is 18.4. The molecular formula is C16H18FeO3. The van der Waals surface area contributed by atoms with Crippen molar-refractivity contribution >= 4 is 5.97 Å². The van der Waals surface area contributed by atoms with Crippen molar-refractivity contribution in [2.24, 2.45) is 0 Å². The maximum atomic E-state index is 11.3. The number of carbonyl (C=O) groups excluding carboxylic acids is 1. The number of allylic oxidation sites excluding steroid dienone is 5. The second-order valence-corrected chi connectivity index (χ2v) is 4.15. The van der Waals surface area contributed by atoms with Crippen molar-refractivity contribution in [1.29, 1.82) is 0 Å². The Morgan fingerprint density at radius 1 is 1.30 bits per heavy atom. The molecule has 1 aromatic rings. The number of hydrogen-bond donors (Lipinski definition) is 0. The number of ether oxygens (including phenoxy) is 1. The van der Waals surface area contributed by atoms with Crippen molar-refractivity contribution < 1.29 is 31.7 Å². The SMILES string of the molecule is CCCC(=O)OC([O-])=C1C=CC(C)=C1.[Fe+2].c1cc[cH-]c1. The first-order valence-electron chi connectivity index (χ1n) is 6.28. The van der Waals surface area contributed by atoms with Crippen LogP contribution in [0.1, 0.15) is 26.7 Å². The molecule has 108 valence electrons. The zero-order chi connectivity index (χ0) is 14.1. The molecule has 0 spiro atoms. The van der Waals surface area contributed by atoms with Crippen LogP contribution in [0.2, 0.25) is 0 Å². The summed E-state index contributed by atoms with van der Waals surface area (Å²) < 4.78 is 4.61. The van der Waals surface area contributed by atoms with Gasteiger partial charge in [-0.2, -0.15) is 18.2 Å². The van der Waals surface area contributed by atoms with Gasteiger partial charge >= 0.3 is 17.1 Å². The van der Waals surface area contributed by atoms with Crippen molar-refractivity contribution in [2.75, 3.05) is 0 Å². The largest absolute Gasteiger partial charge is 2.00 e. The summed E-state index contributed by atoms with van der Waals surface area (Å²) in [5.74, 6) is -1.02. The molecular weight excluding hydrogens is 296 g/mol. The van der Waals surface area contributed by atoms with Gasteiger partial charge in [-0.25, -0.2) is 12.1 Å². The van der Waals surface area contributed by atoms with Crippen LogP contribution in [0, 0.1) is 0 Å². The third-order valence-electron chi connectivity index (χ3n) is 2.36. The van der Waals surface area contributed by atoms with E-state index in [0.717, 1.165) is 5.57 Å². The van der Waals surface area contributed by atoms with E-state index in [4.69, 9.17) is 0 Å². The van der Waals surface area contributed by atoms with Gasteiger partial charge < -0.3 is 9.84 Å². The molecule has 3 nitrogen and oxygen atoms in total. The van der Waals surface area contributed by atoms with Crippen LogP contribution < -0.4 is 5.11 Å². The van der Waals surface area contributed by atoms with Gasteiger partial charge in [-0.05, 0) is 18.9 Å². The predicted molar refractivity (Wildman–Crippen MR) is 73.0 cm³/mol. The van der Waals surface area contributed by atoms with Crippen LogP contribution in [0.4, 0.5) is 0 Å². The third-order valence-corrected chi connectivity index (χ3v) is 2.36. The standard InChI is InChI=1S/C11H14O3.C5H5.Fe/c1-3-4-10(12)14-11(13)9-6-5-8(2)7-9;1-2-4-5-3-1;/h5-7,13H,3-4H2,1-2H3;1-5H;/q;-1;+2/p-1. The van der Waals surface area contributed by atoms with E-state index in [1.807, 2.05) is 44.2 Å². The molecule has 0 saturated heterocycles. The Hall–Kier alpha value is -1.64. The Balaban J connectivity index is 0.000000507. The molecule has 1 aliphatic carbocycles. The maximum Gasteiger partial charge on any atom is 2.00 e. The summed E-state index contributed by atoms with van der Waals surface area (Å²) in [4.78, 5) is 11.0. The van der Waals surface area contributed by atoms with Gasteiger partial charge in [-0.3, -0.25) is 4.79 Å². The fourth-order valence-electron chi connectivity index (χ4n) is 1.43.